The van der Waals surface area contributed by atoms with Crippen molar-refractivity contribution in [2.75, 3.05) is 16.4 Å². The Morgan fingerprint density at radius 1 is 1.37 bits per heavy atom. The Labute approximate surface area is 127 Å². The molecule has 0 bridgehead atoms. The second-order valence-electron chi connectivity index (χ2n) is 4.70. The number of nitrogens with one attached hydrogen (secondary N) is 1. The molecule has 0 saturated carbocycles. The van der Waals surface area contributed by atoms with E-state index >= 15 is 0 Å². The number of fused-ring (bicyclic) bond motifs is 1. The number of thiocarbonyl (C=S) groups is 1. The molecule has 2 heterocycles. The van der Waals surface area contributed by atoms with E-state index in [0.29, 0.717) is 15.2 Å². The van der Waals surface area contributed by atoms with Crippen LogP contribution in [-0.2, 0) is 14.4 Å². The fourth-order valence-corrected chi connectivity index (χ4v) is 5.16. The van der Waals surface area contributed by atoms with Crippen molar-refractivity contribution in [2.24, 2.45) is 0 Å². The number of nitrogens with zero attached hydrogens (tertiary/aromatic N) is 1. The van der Waals surface area contributed by atoms with Crippen LogP contribution in [0.4, 0.5) is 5.69 Å². The lowest BCUT2D eigenvalue weighted by Crippen LogP contribution is -2.37. The summed E-state index contributed by atoms with van der Waals surface area (Å²) < 4.78 is 21.5. The Balaban J connectivity index is 1.97. The molecule has 2 aliphatic rings. The molecule has 1 aromatic carbocycles. The molecule has 2 saturated heterocycles. The van der Waals surface area contributed by atoms with Gasteiger partial charge in [-0.05, 0) is 30.4 Å². The smallest absolute Gasteiger partial charge is 0.218 e. The fraction of sp³-hybridized carbons (Fsp3) is 0.364. The van der Waals surface area contributed by atoms with Crippen molar-refractivity contribution in [3.8, 4) is 0 Å². The molecular weight excluding hydrogens is 327 g/mol. The van der Waals surface area contributed by atoms with Crippen LogP contribution in [-0.4, -0.2) is 33.3 Å². The van der Waals surface area contributed by atoms with Crippen LogP contribution in [0.5, 0.6) is 0 Å². The van der Waals surface area contributed by atoms with E-state index in [1.165, 1.54) is 0 Å². The average Bonchev–Trinajstić information content (AvgIpc) is 2.73. The van der Waals surface area contributed by atoms with Crippen molar-refractivity contribution in [1.29, 1.82) is 0 Å². The number of benzene rings is 1. The fourth-order valence-electron chi connectivity index (χ4n) is 2.56. The van der Waals surface area contributed by atoms with Crippen LogP contribution in [0, 0.1) is 0 Å². The summed E-state index contributed by atoms with van der Waals surface area (Å²) in [4.78, 5) is 1.85. The summed E-state index contributed by atoms with van der Waals surface area (Å²) in [6.07, 6.45) is 0. The second-order valence-corrected chi connectivity index (χ2v) is 8.11. The Hall–Kier alpha value is -0.400. The van der Waals surface area contributed by atoms with Gasteiger partial charge >= 0.3 is 0 Å². The molecule has 0 aliphatic carbocycles. The van der Waals surface area contributed by atoms with E-state index in [1.54, 1.807) is 12.1 Å². The number of anilines is 1. The first kappa shape index (κ1) is 13.6. The Morgan fingerprint density at radius 2 is 2.11 bits per heavy atom. The quantitative estimate of drug-likeness (QED) is 0.608. The van der Waals surface area contributed by atoms with Crippen LogP contribution in [0.1, 0.15) is 0 Å². The second kappa shape index (κ2) is 4.56. The minimum Gasteiger partial charge on any atom is -0.352 e. The summed E-state index contributed by atoms with van der Waals surface area (Å²) in [7, 11) is -2.76. The predicted molar refractivity (Wildman–Crippen MR) is 82.7 cm³/mol. The molecular formula is C11H11Cl2N2O2S2+. The van der Waals surface area contributed by atoms with E-state index in [1.807, 2.05) is 11.0 Å². The standard InChI is InChI=1S/C11H10Cl2N2O2S2/c12-7-2-1-6(3-8(7)13)15-10-5-19(16,17)4-9(10)14-11(15)18/h1-3,9-10H,4-5H2,(H-,14,16,17,18)/p+1/t9-,10-/m1/s1. The third-order valence-corrected chi connectivity index (χ3v) is 6.17. The van der Waals surface area contributed by atoms with Gasteiger partial charge in [-0.3, -0.25) is 0 Å². The van der Waals surface area contributed by atoms with Crippen LogP contribution >= 0.6 is 35.4 Å². The Morgan fingerprint density at radius 3 is 2.79 bits per heavy atom. The van der Waals surface area contributed by atoms with Gasteiger partial charge in [-0.25, -0.2) is 0 Å². The molecule has 2 N–H and O–H groups in total. The van der Waals surface area contributed by atoms with Crippen LogP contribution in [0.15, 0.2) is 18.2 Å². The normalized spacial score (nSPS) is 33.4. The van der Waals surface area contributed by atoms with Gasteiger partial charge in [0.15, 0.2) is 16.6 Å². The van der Waals surface area contributed by atoms with E-state index in [4.69, 9.17) is 35.4 Å². The maximum Gasteiger partial charge on any atom is 0.218 e. The van der Waals surface area contributed by atoms with Gasteiger partial charge in [0.25, 0.3) is 0 Å². The topological polar surface area (TPSA) is 52.6 Å². The zero-order valence-corrected chi connectivity index (χ0v) is 12.8. The number of halogens is 2. The lowest BCUT2D eigenvalue weighted by Gasteiger charge is -2.22. The summed E-state index contributed by atoms with van der Waals surface area (Å²) in [5.74, 6) is 0.445. The van der Waals surface area contributed by atoms with Crippen LogP contribution in [0.2, 0.25) is 10.0 Å². The molecule has 0 spiro atoms. The lowest BCUT2D eigenvalue weighted by atomic mass is 10.1. The third kappa shape index (κ3) is 2.36. The number of rotatable bonds is 1. The predicted octanol–water partition coefficient (Wildman–Crippen LogP) is 2.41. The SMILES string of the molecule is O=[S+]1(O)C[C@@H]2[C@@H](C1)NC(=S)N2c1ccc(Cl)c(Cl)c1. The van der Waals surface area contributed by atoms with E-state index < -0.39 is 10.2 Å². The molecule has 1 aromatic rings. The summed E-state index contributed by atoms with van der Waals surface area (Å²) in [5.41, 5.74) is 0.788. The average molecular weight is 338 g/mol. The van der Waals surface area contributed by atoms with Gasteiger partial charge in [0.2, 0.25) is 10.2 Å². The summed E-state index contributed by atoms with van der Waals surface area (Å²) in [6.45, 7) is 0. The van der Waals surface area contributed by atoms with Gasteiger partial charge in [-0.15, -0.1) is 0 Å². The van der Waals surface area contributed by atoms with Crippen molar-refractivity contribution in [3.63, 3.8) is 0 Å². The van der Waals surface area contributed by atoms with Crippen molar-refractivity contribution in [1.82, 2.24) is 5.32 Å². The highest BCUT2D eigenvalue weighted by atomic mass is 35.5. The molecule has 3 rings (SSSR count). The molecule has 0 aromatic heterocycles. The number of hydrogen-bond acceptors (Lipinski definition) is 2. The van der Waals surface area contributed by atoms with Crippen molar-refractivity contribution in [3.05, 3.63) is 28.2 Å². The Kier molecular flexibility index (Phi) is 3.26. The van der Waals surface area contributed by atoms with Crippen LogP contribution < -0.4 is 10.2 Å². The highest BCUT2D eigenvalue weighted by Crippen LogP contribution is 2.34. The maximum atomic E-state index is 11.8. The highest BCUT2D eigenvalue weighted by Gasteiger charge is 2.54. The summed E-state index contributed by atoms with van der Waals surface area (Å²) in [5, 5.41) is 4.56. The molecule has 19 heavy (non-hydrogen) atoms. The minimum absolute atomic E-state index is 0.0838. The molecule has 1 unspecified atom stereocenters. The van der Waals surface area contributed by atoms with E-state index in [2.05, 4.69) is 5.32 Å². The van der Waals surface area contributed by atoms with Gasteiger partial charge < -0.3 is 10.2 Å². The van der Waals surface area contributed by atoms with Gasteiger partial charge in [-0.2, -0.15) is 4.55 Å². The monoisotopic (exact) mass is 337 g/mol. The molecule has 2 aliphatic heterocycles. The van der Waals surface area contributed by atoms with Gasteiger partial charge in [0.05, 0.1) is 10.0 Å². The van der Waals surface area contributed by atoms with E-state index in [-0.39, 0.29) is 23.6 Å². The molecule has 102 valence electrons. The largest absolute Gasteiger partial charge is 0.352 e. The molecule has 0 radical (unpaired) electrons. The van der Waals surface area contributed by atoms with E-state index in [0.717, 1.165) is 5.69 Å². The van der Waals surface area contributed by atoms with Crippen molar-refractivity contribution >= 4 is 56.4 Å². The maximum absolute atomic E-state index is 11.8. The van der Waals surface area contributed by atoms with Crippen LogP contribution in [0.25, 0.3) is 0 Å². The molecule has 4 nitrogen and oxygen atoms in total. The first-order valence-electron chi connectivity index (χ1n) is 5.64. The Bertz CT molecular complexity index is 610. The third-order valence-electron chi connectivity index (χ3n) is 3.38. The lowest BCUT2D eigenvalue weighted by molar-refractivity contribution is 0.502. The van der Waals surface area contributed by atoms with Gasteiger partial charge in [0, 0.05) is 5.69 Å². The van der Waals surface area contributed by atoms with Gasteiger partial charge in [-0.1, -0.05) is 27.4 Å². The zero-order valence-electron chi connectivity index (χ0n) is 9.68. The van der Waals surface area contributed by atoms with E-state index in [9.17, 15) is 8.76 Å². The summed E-state index contributed by atoms with van der Waals surface area (Å²) >= 11 is 17.2. The first-order chi connectivity index (χ1) is 8.87. The zero-order chi connectivity index (χ0) is 13.8. The number of hydrogen-bond donors (Lipinski definition) is 2. The van der Waals surface area contributed by atoms with Crippen LogP contribution in [0.3, 0.4) is 0 Å². The molecule has 2 fully saturated rings. The molecule has 3 atom stereocenters. The minimum atomic E-state index is -2.76. The summed E-state index contributed by atoms with van der Waals surface area (Å²) in [6, 6.07) is 5.03. The van der Waals surface area contributed by atoms with Crippen molar-refractivity contribution in [2.45, 2.75) is 12.1 Å². The highest BCUT2D eigenvalue weighted by molar-refractivity contribution is 7.98. The first-order valence-corrected chi connectivity index (χ1v) is 8.66. The van der Waals surface area contributed by atoms with Crippen molar-refractivity contribution < 1.29 is 8.76 Å². The molecule has 8 heteroatoms. The molecule has 0 amide bonds. The van der Waals surface area contributed by atoms with Gasteiger partial charge in [0.1, 0.15) is 12.1 Å².